The number of aromatic carboxylic acids is 1. The van der Waals surface area contributed by atoms with Crippen LogP contribution in [0.5, 0.6) is 11.5 Å². The van der Waals surface area contributed by atoms with Gasteiger partial charge in [0, 0.05) is 22.9 Å². The smallest absolute Gasteiger partial charge is 0.478 e. The number of hydrogen-bond donors (Lipinski definition) is 5. The van der Waals surface area contributed by atoms with Crippen molar-refractivity contribution in [3.63, 3.8) is 0 Å². The Bertz CT molecular complexity index is 1790. The van der Waals surface area contributed by atoms with Crippen molar-refractivity contribution >= 4 is 40.3 Å². The van der Waals surface area contributed by atoms with Crippen LogP contribution in [0.1, 0.15) is 48.0 Å². The van der Waals surface area contributed by atoms with E-state index in [1.807, 2.05) is 30.3 Å². The Balaban J connectivity index is 0.000000617. The largest absolute Gasteiger partial charge is 0.490 e. The van der Waals surface area contributed by atoms with Gasteiger partial charge < -0.3 is 26.4 Å². The quantitative estimate of drug-likeness (QED) is 0.106. The molecule has 4 aromatic rings. The molecule has 0 aliphatic heterocycles. The summed E-state index contributed by atoms with van der Waals surface area (Å²) in [6, 6.07) is 22.6. The van der Waals surface area contributed by atoms with Crippen molar-refractivity contribution in [2.75, 3.05) is 4.90 Å². The van der Waals surface area contributed by atoms with Gasteiger partial charge in [0.05, 0.1) is 5.56 Å². The third-order valence-corrected chi connectivity index (χ3v) is 7.46. The number of nitrogen functional groups attached to an aromatic ring is 1. The van der Waals surface area contributed by atoms with Gasteiger partial charge >= 0.3 is 24.1 Å². The molecular weight excluding hydrogens is 605 g/mol. The normalized spacial score (nSPS) is 13.3. The van der Waals surface area contributed by atoms with Gasteiger partial charge in [0.15, 0.2) is 0 Å². The molecule has 46 heavy (non-hydrogen) atoms. The van der Waals surface area contributed by atoms with Crippen LogP contribution in [0.3, 0.4) is 0 Å². The minimum atomic E-state index is -5.08. The van der Waals surface area contributed by atoms with Gasteiger partial charge in [-0.1, -0.05) is 55.7 Å². The number of nitrogens with zero attached hydrogens (tertiary/aromatic N) is 1. The lowest BCUT2D eigenvalue weighted by Crippen LogP contribution is -2.44. The van der Waals surface area contributed by atoms with Crippen molar-refractivity contribution in [3.8, 4) is 22.6 Å². The summed E-state index contributed by atoms with van der Waals surface area (Å²) in [6.07, 6.45) is -0.162. The zero-order valence-electron chi connectivity index (χ0n) is 24.4. The van der Waals surface area contributed by atoms with Crippen LogP contribution in [0.4, 0.5) is 23.7 Å². The Morgan fingerprint density at radius 3 is 2.07 bits per heavy atom. The fourth-order valence-corrected chi connectivity index (χ4v) is 5.31. The highest BCUT2D eigenvalue weighted by molar-refractivity contribution is 6.00. The minimum absolute atomic E-state index is 0.00251. The SMILES string of the molecule is N=C(N)c1ccc2cc(Oc3ccc(N(C(N)=O)C4CCCCC4)cc3-c3ccccc3C(=O)O)ccc2c1.O=C(O)C(F)(F)F. The van der Waals surface area contributed by atoms with E-state index < -0.39 is 24.1 Å². The highest BCUT2D eigenvalue weighted by Crippen LogP contribution is 2.40. The summed E-state index contributed by atoms with van der Waals surface area (Å²) in [5, 5.41) is 26.5. The number of fused-ring (bicyclic) bond motifs is 1. The van der Waals surface area contributed by atoms with Crippen LogP contribution in [0.15, 0.2) is 78.9 Å². The van der Waals surface area contributed by atoms with Gasteiger partial charge in [-0.15, -0.1) is 0 Å². The molecule has 0 saturated heterocycles. The molecule has 0 spiro atoms. The molecule has 1 fully saturated rings. The molecule has 0 bridgehead atoms. The van der Waals surface area contributed by atoms with Crippen LogP contribution in [0.25, 0.3) is 21.9 Å². The van der Waals surface area contributed by atoms with E-state index in [1.165, 1.54) is 0 Å². The standard InChI is InChI=1S/C31H30N4O4.C2HF3O2/c32-29(33)21-11-10-20-17-24(14-12-19(20)16-21)39-28-15-13-23(35(31(34)38)22-6-2-1-3-7-22)18-27(28)25-8-4-5-9-26(25)30(36)37;3-2(4,5)1(6)7/h4-5,8-18,22H,1-3,6-7H2,(H3,32,33)(H2,34,38)(H,36,37);(H,6,7). The molecule has 1 aliphatic rings. The Hall–Kier alpha value is -5.59. The topological polar surface area (TPSA) is 180 Å². The average Bonchev–Trinajstić information content (AvgIpc) is 3.01. The number of nitrogens with two attached hydrogens (primary N) is 2. The first-order valence-electron chi connectivity index (χ1n) is 14.2. The first kappa shape index (κ1) is 33.3. The van der Waals surface area contributed by atoms with Crippen LogP contribution < -0.4 is 21.1 Å². The number of carboxylic acid groups (broad SMARTS) is 2. The number of alkyl halides is 3. The molecule has 240 valence electrons. The number of primary amides is 1. The van der Waals surface area contributed by atoms with Gasteiger partial charge in [-0.05, 0) is 71.6 Å². The highest BCUT2D eigenvalue weighted by Gasteiger charge is 2.38. The van der Waals surface area contributed by atoms with Crippen molar-refractivity contribution in [3.05, 3.63) is 90.0 Å². The summed E-state index contributed by atoms with van der Waals surface area (Å²) in [5.74, 6) is -2.82. The predicted molar refractivity (Wildman–Crippen MR) is 167 cm³/mol. The van der Waals surface area contributed by atoms with E-state index in [1.54, 1.807) is 53.4 Å². The number of hydrogen-bond acceptors (Lipinski definition) is 5. The van der Waals surface area contributed by atoms with Gasteiger partial charge in [-0.2, -0.15) is 13.2 Å². The van der Waals surface area contributed by atoms with Crippen LogP contribution in [-0.4, -0.2) is 46.2 Å². The summed E-state index contributed by atoms with van der Waals surface area (Å²) in [7, 11) is 0. The second-order valence-corrected chi connectivity index (χ2v) is 10.6. The maximum Gasteiger partial charge on any atom is 0.490 e. The number of urea groups is 1. The van der Waals surface area contributed by atoms with Crippen molar-refractivity contribution in [2.24, 2.45) is 11.5 Å². The summed E-state index contributed by atoms with van der Waals surface area (Å²) in [6.45, 7) is 0. The minimum Gasteiger partial charge on any atom is -0.478 e. The predicted octanol–water partition coefficient (Wildman–Crippen LogP) is 7.13. The van der Waals surface area contributed by atoms with E-state index in [2.05, 4.69) is 0 Å². The van der Waals surface area contributed by atoms with Gasteiger partial charge in [0.25, 0.3) is 0 Å². The van der Waals surface area contributed by atoms with Crippen LogP contribution in [0, 0.1) is 5.41 Å². The number of carboxylic acids is 2. The van der Waals surface area contributed by atoms with Gasteiger partial charge in [0.1, 0.15) is 17.3 Å². The third kappa shape index (κ3) is 7.92. The second kappa shape index (κ2) is 14.0. The molecule has 10 nitrogen and oxygen atoms in total. The molecule has 1 saturated carbocycles. The van der Waals surface area contributed by atoms with E-state index in [-0.39, 0.29) is 17.4 Å². The Morgan fingerprint density at radius 1 is 0.826 bits per heavy atom. The van der Waals surface area contributed by atoms with Crippen LogP contribution in [-0.2, 0) is 4.79 Å². The molecule has 1 aliphatic carbocycles. The monoisotopic (exact) mass is 636 g/mol. The fraction of sp³-hybridized carbons (Fsp3) is 0.212. The number of carbonyl (C=O) groups is 3. The number of amides is 2. The Morgan fingerprint density at radius 2 is 1.46 bits per heavy atom. The number of benzene rings is 4. The highest BCUT2D eigenvalue weighted by atomic mass is 19.4. The Kier molecular flexibility index (Phi) is 10.1. The number of halogens is 3. The van der Waals surface area contributed by atoms with E-state index in [0.717, 1.165) is 42.9 Å². The lowest BCUT2D eigenvalue weighted by atomic mass is 9.93. The Labute approximate surface area is 261 Å². The molecule has 13 heteroatoms. The van der Waals surface area contributed by atoms with Crippen LogP contribution >= 0.6 is 0 Å². The molecule has 0 atom stereocenters. The molecule has 0 aromatic heterocycles. The van der Waals surface area contributed by atoms with Crippen molar-refractivity contribution in [1.82, 2.24) is 0 Å². The summed E-state index contributed by atoms with van der Waals surface area (Å²) < 4.78 is 38.1. The molecular formula is C33H31F3N4O6. The van der Waals surface area contributed by atoms with Crippen molar-refractivity contribution < 1.29 is 42.5 Å². The fourth-order valence-electron chi connectivity index (χ4n) is 5.31. The molecule has 0 heterocycles. The van der Waals surface area contributed by atoms with E-state index >= 15 is 0 Å². The molecule has 5 rings (SSSR count). The first-order valence-corrected chi connectivity index (χ1v) is 14.2. The lowest BCUT2D eigenvalue weighted by molar-refractivity contribution is -0.192. The summed E-state index contributed by atoms with van der Waals surface area (Å²) >= 11 is 0. The second-order valence-electron chi connectivity index (χ2n) is 10.6. The van der Waals surface area contributed by atoms with E-state index in [0.29, 0.717) is 33.9 Å². The number of carbonyl (C=O) groups excluding carboxylic acids is 1. The molecule has 4 aromatic carbocycles. The van der Waals surface area contributed by atoms with Gasteiger partial charge in [-0.25, -0.2) is 14.4 Å². The third-order valence-electron chi connectivity index (χ3n) is 7.46. The van der Waals surface area contributed by atoms with Gasteiger partial charge in [0.2, 0.25) is 0 Å². The number of ether oxygens (including phenoxy) is 1. The zero-order chi connectivity index (χ0) is 33.6. The number of nitrogens with one attached hydrogen (secondary N) is 1. The number of rotatable bonds is 7. The van der Waals surface area contributed by atoms with Crippen LogP contribution in [0.2, 0.25) is 0 Å². The maximum absolute atomic E-state index is 12.6. The van der Waals surface area contributed by atoms with E-state index in [4.69, 9.17) is 31.5 Å². The summed E-state index contributed by atoms with van der Waals surface area (Å²) in [4.78, 5) is 35.2. The zero-order valence-corrected chi connectivity index (χ0v) is 24.4. The average molecular weight is 637 g/mol. The maximum atomic E-state index is 12.6. The number of amidine groups is 1. The van der Waals surface area contributed by atoms with Crippen molar-refractivity contribution in [2.45, 2.75) is 44.3 Å². The number of anilines is 1. The molecule has 7 N–H and O–H groups in total. The molecule has 0 unspecified atom stereocenters. The lowest BCUT2D eigenvalue weighted by Gasteiger charge is -2.33. The summed E-state index contributed by atoms with van der Waals surface area (Å²) in [5.41, 5.74) is 13.9. The number of aliphatic carboxylic acids is 1. The first-order chi connectivity index (χ1) is 21.8. The molecule has 2 amide bonds. The van der Waals surface area contributed by atoms with E-state index in [9.17, 15) is 27.9 Å². The molecule has 0 radical (unpaired) electrons. The van der Waals surface area contributed by atoms with Crippen molar-refractivity contribution in [1.29, 1.82) is 5.41 Å². The van der Waals surface area contributed by atoms with Gasteiger partial charge in [-0.3, -0.25) is 10.3 Å².